The van der Waals surface area contributed by atoms with Crippen LogP contribution in [0.4, 0.5) is 4.79 Å². The molecule has 1 saturated heterocycles. The molecule has 0 bridgehead atoms. The average Bonchev–Trinajstić information content (AvgIpc) is 3.39. The molecule has 1 fully saturated rings. The third-order valence-electron chi connectivity index (χ3n) is 4.24. The second-order valence-electron chi connectivity index (χ2n) is 5.94. The van der Waals surface area contributed by atoms with Crippen LogP contribution in [0, 0.1) is 0 Å². The van der Waals surface area contributed by atoms with Crippen LogP contribution in [0.2, 0.25) is 0 Å². The number of para-hydroxylation sites is 1. The summed E-state index contributed by atoms with van der Waals surface area (Å²) in [6, 6.07) is 9.40. The predicted molar refractivity (Wildman–Crippen MR) is 92.4 cm³/mol. The second-order valence-corrected chi connectivity index (χ2v) is 5.94. The van der Waals surface area contributed by atoms with E-state index in [0.29, 0.717) is 32.1 Å². The van der Waals surface area contributed by atoms with Crippen molar-refractivity contribution in [1.82, 2.24) is 35.2 Å². The molecule has 3 aromatic rings. The summed E-state index contributed by atoms with van der Waals surface area (Å²) in [5.41, 5.74) is 1.90. The summed E-state index contributed by atoms with van der Waals surface area (Å²) in [5, 5.41) is 13.9. The normalized spacial score (nSPS) is 17.2. The molecule has 9 nitrogen and oxygen atoms in total. The zero-order valence-corrected chi connectivity index (χ0v) is 14.1. The Morgan fingerprint density at radius 3 is 3.04 bits per heavy atom. The van der Waals surface area contributed by atoms with Crippen LogP contribution < -0.4 is 5.32 Å². The van der Waals surface area contributed by atoms with E-state index in [1.165, 1.54) is 6.33 Å². The number of benzene rings is 1. The number of H-pyrrole nitrogens is 1. The minimum absolute atomic E-state index is 0.165. The summed E-state index contributed by atoms with van der Waals surface area (Å²) in [5.74, 6) is 0.622. The monoisotopic (exact) mass is 353 g/mol. The highest BCUT2D eigenvalue weighted by atomic mass is 16.5. The van der Waals surface area contributed by atoms with Crippen molar-refractivity contribution >= 4 is 6.03 Å². The Labute approximate surface area is 150 Å². The standard InChI is InChI=1S/C17H19N7O2/c25-17(23-6-7-26-11-15(23)16-19-12-20-22-16)18-8-13-9-21-24(10-13)14-4-2-1-3-5-14/h1-5,9-10,12,15H,6-8,11H2,(H,18,25)(H,19,20,22)/t15-/m1/s1. The maximum Gasteiger partial charge on any atom is 0.318 e. The van der Waals surface area contributed by atoms with Crippen LogP contribution in [0.5, 0.6) is 0 Å². The number of rotatable bonds is 4. The van der Waals surface area contributed by atoms with Crippen LogP contribution in [0.3, 0.4) is 0 Å². The smallest absolute Gasteiger partial charge is 0.318 e. The van der Waals surface area contributed by atoms with E-state index >= 15 is 0 Å². The minimum atomic E-state index is -0.265. The first kappa shape index (κ1) is 16.3. The van der Waals surface area contributed by atoms with Crippen molar-refractivity contribution in [2.45, 2.75) is 12.6 Å². The summed E-state index contributed by atoms with van der Waals surface area (Å²) in [6.07, 6.45) is 5.08. The molecule has 0 aliphatic carbocycles. The Morgan fingerprint density at radius 1 is 1.35 bits per heavy atom. The molecule has 3 heterocycles. The Balaban J connectivity index is 1.40. The van der Waals surface area contributed by atoms with Gasteiger partial charge in [-0.3, -0.25) is 5.10 Å². The van der Waals surface area contributed by atoms with Gasteiger partial charge in [0.25, 0.3) is 0 Å². The summed E-state index contributed by atoms with van der Waals surface area (Å²) < 4.78 is 7.26. The van der Waals surface area contributed by atoms with Gasteiger partial charge >= 0.3 is 6.03 Å². The number of urea groups is 1. The van der Waals surface area contributed by atoms with Gasteiger partial charge in [0, 0.05) is 24.8 Å². The lowest BCUT2D eigenvalue weighted by Crippen LogP contribution is -2.48. The van der Waals surface area contributed by atoms with Crippen molar-refractivity contribution < 1.29 is 9.53 Å². The quantitative estimate of drug-likeness (QED) is 0.736. The molecule has 2 N–H and O–H groups in total. The van der Waals surface area contributed by atoms with Crippen molar-refractivity contribution in [2.24, 2.45) is 0 Å². The second kappa shape index (κ2) is 7.36. The van der Waals surface area contributed by atoms with Gasteiger partial charge < -0.3 is 15.0 Å². The minimum Gasteiger partial charge on any atom is -0.377 e. The van der Waals surface area contributed by atoms with Crippen LogP contribution in [-0.2, 0) is 11.3 Å². The SMILES string of the molecule is O=C(NCc1cnn(-c2ccccc2)c1)N1CCOC[C@@H]1c1ncn[nH]1. The number of hydrogen-bond acceptors (Lipinski definition) is 5. The number of carbonyl (C=O) groups is 1. The number of nitrogens with one attached hydrogen (secondary N) is 2. The van der Waals surface area contributed by atoms with E-state index in [1.54, 1.807) is 15.8 Å². The van der Waals surface area contributed by atoms with Crippen molar-refractivity contribution in [3.05, 3.63) is 60.4 Å². The number of amides is 2. The Kier molecular flexibility index (Phi) is 4.61. The van der Waals surface area contributed by atoms with E-state index in [1.807, 2.05) is 36.5 Å². The highest BCUT2D eigenvalue weighted by Gasteiger charge is 2.30. The average molecular weight is 353 g/mol. The van der Waals surface area contributed by atoms with Gasteiger partial charge in [0.2, 0.25) is 0 Å². The molecular weight excluding hydrogens is 334 g/mol. The van der Waals surface area contributed by atoms with E-state index in [4.69, 9.17) is 4.74 Å². The van der Waals surface area contributed by atoms with E-state index < -0.39 is 0 Å². The van der Waals surface area contributed by atoms with E-state index in [2.05, 4.69) is 25.6 Å². The molecule has 26 heavy (non-hydrogen) atoms. The molecule has 0 radical (unpaired) electrons. The first-order valence-electron chi connectivity index (χ1n) is 8.38. The number of morpholine rings is 1. The van der Waals surface area contributed by atoms with Gasteiger partial charge in [-0.25, -0.2) is 14.5 Å². The van der Waals surface area contributed by atoms with E-state index in [0.717, 1.165) is 11.3 Å². The summed E-state index contributed by atoms with van der Waals surface area (Å²) in [7, 11) is 0. The molecule has 134 valence electrons. The van der Waals surface area contributed by atoms with Crippen molar-refractivity contribution in [3.8, 4) is 5.69 Å². The van der Waals surface area contributed by atoms with Gasteiger partial charge in [0.1, 0.15) is 18.2 Å². The van der Waals surface area contributed by atoms with Gasteiger partial charge in [0.15, 0.2) is 0 Å². The van der Waals surface area contributed by atoms with E-state index in [9.17, 15) is 4.79 Å². The first-order chi connectivity index (χ1) is 12.8. The van der Waals surface area contributed by atoms with Gasteiger partial charge in [0.05, 0.1) is 25.1 Å². The van der Waals surface area contributed by atoms with Gasteiger partial charge in [-0.05, 0) is 12.1 Å². The molecule has 1 atom stereocenters. The lowest BCUT2D eigenvalue weighted by Gasteiger charge is -2.34. The fourth-order valence-corrected chi connectivity index (χ4v) is 2.90. The molecule has 1 aromatic carbocycles. The summed E-state index contributed by atoms with van der Waals surface area (Å²) >= 11 is 0. The molecule has 2 amide bonds. The number of ether oxygens (including phenoxy) is 1. The number of carbonyl (C=O) groups excluding carboxylic acids is 1. The highest BCUT2D eigenvalue weighted by Crippen LogP contribution is 2.20. The lowest BCUT2D eigenvalue weighted by molar-refractivity contribution is 0.00865. The molecule has 0 saturated carbocycles. The summed E-state index contributed by atoms with van der Waals surface area (Å²) in [4.78, 5) is 18.5. The number of aromatic nitrogens is 5. The third kappa shape index (κ3) is 3.42. The number of hydrogen-bond donors (Lipinski definition) is 2. The van der Waals surface area contributed by atoms with Gasteiger partial charge in [-0.2, -0.15) is 10.2 Å². The largest absolute Gasteiger partial charge is 0.377 e. The van der Waals surface area contributed by atoms with Crippen LogP contribution in [-0.4, -0.2) is 55.7 Å². The van der Waals surface area contributed by atoms with Crippen LogP contribution in [0.25, 0.3) is 5.69 Å². The summed E-state index contributed by atoms with van der Waals surface area (Å²) in [6.45, 7) is 1.80. The van der Waals surface area contributed by atoms with Crippen LogP contribution in [0.15, 0.2) is 49.1 Å². The topological polar surface area (TPSA) is 101 Å². The fourth-order valence-electron chi connectivity index (χ4n) is 2.90. The zero-order chi connectivity index (χ0) is 17.8. The zero-order valence-electron chi connectivity index (χ0n) is 14.1. The molecule has 2 aromatic heterocycles. The Hall–Kier alpha value is -3.20. The molecular formula is C17H19N7O2. The highest BCUT2D eigenvalue weighted by molar-refractivity contribution is 5.74. The molecule has 1 aliphatic heterocycles. The number of aromatic amines is 1. The van der Waals surface area contributed by atoms with Crippen LogP contribution >= 0.6 is 0 Å². The predicted octanol–water partition coefficient (Wildman–Crippen LogP) is 1.27. The molecule has 9 heteroatoms. The third-order valence-corrected chi connectivity index (χ3v) is 4.24. The first-order valence-corrected chi connectivity index (χ1v) is 8.38. The molecule has 0 spiro atoms. The lowest BCUT2D eigenvalue weighted by atomic mass is 10.2. The fraction of sp³-hybridized carbons (Fsp3) is 0.294. The van der Waals surface area contributed by atoms with Crippen molar-refractivity contribution in [2.75, 3.05) is 19.8 Å². The molecule has 0 unspecified atom stereocenters. The van der Waals surface area contributed by atoms with Crippen LogP contribution in [0.1, 0.15) is 17.4 Å². The maximum atomic E-state index is 12.6. The van der Waals surface area contributed by atoms with Crippen molar-refractivity contribution in [3.63, 3.8) is 0 Å². The van der Waals surface area contributed by atoms with Gasteiger partial charge in [-0.15, -0.1) is 0 Å². The van der Waals surface area contributed by atoms with Gasteiger partial charge in [-0.1, -0.05) is 18.2 Å². The molecule has 4 rings (SSSR count). The van der Waals surface area contributed by atoms with Crippen molar-refractivity contribution in [1.29, 1.82) is 0 Å². The van der Waals surface area contributed by atoms with E-state index in [-0.39, 0.29) is 12.1 Å². The molecule has 1 aliphatic rings. The number of nitrogens with zero attached hydrogens (tertiary/aromatic N) is 5. The Bertz CT molecular complexity index is 847. The maximum absolute atomic E-state index is 12.6. The Morgan fingerprint density at radius 2 is 2.23 bits per heavy atom.